The Kier molecular flexibility index (Phi) is 6.27. The van der Waals surface area contributed by atoms with Gasteiger partial charge in [0.15, 0.2) is 0 Å². The third kappa shape index (κ3) is 5.13. The van der Waals surface area contributed by atoms with Crippen molar-refractivity contribution in [3.8, 4) is 0 Å². The zero-order valence-corrected chi connectivity index (χ0v) is 12.4. The number of nitrogens with zero attached hydrogens (tertiary/aromatic N) is 1. The molecule has 0 atom stereocenters. The second-order valence-corrected chi connectivity index (χ2v) is 5.45. The molecule has 1 rings (SSSR count). The van der Waals surface area contributed by atoms with Gasteiger partial charge in [0, 0.05) is 13.6 Å². The summed E-state index contributed by atoms with van der Waals surface area (Å²) >= 11 is 3.99. The van der Waals surface area contributed by atoms with Crippen LogP contribution in [0, 0.1) is 5.92 Å². The van der Waals surface area contributed by atoms with Gasteiger partial charge in [0.05, 0.1) is 5.75 Å². The van der Waals surface area contributed by atoms with Gasteiger partial charge in [-0.15, -0.1) is 0 Å². The van der Waals surface area contributed by atoms with E-state index in [9.17, 15) is 4.79 Å². The minimum Gasteiger partial charge on any atom is -0.345 e. The van der Waals surface area contributed by atoms with Crippen LogP contribution in [-0.2, 0) is 17.6 Å². The zero-order chi connectivity index (χ0) is 13.5. The van der Waals surface area contributed by atoms with Gasteiger partial charge in [-0.2, -0.15) is 12.6 Å². The van der Waals surface area contributed by atoms with Crippen LogP contribution in [-0.4, -0.2) is 30.2 Å². The third-order valence-corrected chi connectivity index (χ3v) is 3.23. The molecule has 0 fully saturated rings. The van der Waals surface area contributed by atoms with Crippen molar-refractivity contribution < 1.29 is 4.79 Å². The summed E-state index contributed by atoms with van der Waals surface area (Å²) in [7, 11) is 1.83. The van der Waals surface area contributed by atoms with E-state index in [2.05, 4.69) is 50.7 Å². The number of hydrogen-bond donors (Lipinski definition) is 1. The summed E-state index contributed by atoms with van der Waals surface area (Å²) in [5.74, 6) is 1.05. The van der Waals surface area contributed by atoms with Gasteiger partial charge in [-0.1, -0.05) is 38.1 Å². The molecule has 0 aromatic heterocycles. The van der Waals surface area contributed by atoms with Gasteiger partial charge in [-0.25, -0.2) is 0 Å². The maximum absolute atomic E-state index is 11.4. The number of rotatable bonds is 6. The molecule has 0 bridgehead atoms. The molecule has 0 aliphatic carbocycles. The van der Waals surface area contributed by atoms with E-state index < -0.39 is 0 Å². The molecule has 0 spiro atoms. The number of likely N-dealkylation sites (N-methyl/N-ethyl adjacent to an activating group) is 1. The average Bonchev–Trinajstić information content (AvgIpc) is 2.36. The average molecular weight is 265 g/mol. The number of amides is 1. The molecule has 0 saturated carbocycles. The third-order valence-electron chi connectivity index (χ3n) is 2.96. The van der Waals surface area contributed by atoms with Crippen molar-refractivity contribution in [1.29, 1.82) is 0 Å². The molecule has 2 nitrogen and oxygen atoms in total. The molecule has 100 valence electrons. The molecule has 0 radical (unpaired) electrons. The second kappa shape index (κ2) is 7.47. The van der Waals surface area contributed by atoms with Crippen LogP contribution < -0.4 is 0 Å². The van der Waals surface area contributed by atoms with Gasteiger partial charge in [0.1, 0.15) is 0 Å². The van der Waals surface area contributed by atoms with E-state index in [-0.39, 0.29) is 11.7 Å². The monoisotopic (exact) mass is 265 g/mol. The largest absolute Gasteiger partial charge is 0.345 e. The van der Waals surface area contributed by atoms with Crippen molar-refractivity contribution in [2.24, 2.45) is 5.92 Å². The Hall–Kier alpha value is -0.960. The highest BCUT2D eigenvalue weighted by Gasteiger charge is 2.06. The molecular weight excluding hydrogens is 242 g/mol. The molecule has 0 N–H and O–H groups in total. The number of carbonyl (C=O) groups excluding carboxylic acids is 1. The smallest absolute Gasteiger partial charge is 0.232 e. The Morgan fingerprint density at radius 2 is 1.78 bits per heavy atom. The highest BCUT2D eigenvalue weighted by atomic mass is 32.1. The predicted octanol–water partition coefficient (Wildman–Crippen LogP) is 2.82. The molecule has 0 unspecified atom stereocenters. The van der Waals surface area contributed by atoms with E-state index in [4.69, 9.17) is 0 Å². The van der Waals surface area contributed by atoms with Crippen LogP contribution in [0.25, 0.3) is 0 Å². The van der Waals surface area contributed by atoms with E-state index in [0.717, 1.165) is 19.4 Å². The summed E-state index contributed by atoms with van der Waals surface area (Å²) in [5, 5.41) is 0. The molecular formula is C15H23NOS. The Morgan fingerprint density at radius 3 is 2.28 bits per heavy atom. The summed E-state index contributed by atoms with van der Waals surface area (Å²) in [4.78, 5) is 13.1. The fourth-order valence-corrected chi connectivity index (χ4v) is 2.10. The number of carbonyl (C=O) groups is 1. The first kappa shape index (κ1) is 15.1. The van der Waals surface area contributed by atoms with Crippen molar-refractivity contribution in [3.63, 3.8) is 0 Å². The first-order valence-electron chi connectivity index (χ1n) is 6.45. The Labute approximate surface area is 116 Å². The standard InChI is InChI=1S/C15H23NOS/c1-12(2)10-14-6-4-13(5-7-14)8-9-16(3)15(17)11-18/h4-7,12,18H,8-11H2,1-3H3. The van der Waals surface area contributed by atoms with Crippen molar-refractivity contribution in [1.82, 2.24) is 4.90 Å². The lowest BCUT2D eigenvalue weighted by atomic mass is 10.0. The number of thiol groups is 1. The van der Waals surface area contributed by atoms with E-state index in [1.165, 1.54) is 11.1 Å². The maximum Gasteiger partial charge on any atom is 0.232 e. The Morgan fingerprint density at radius 1 is 1.22 bits per heavy atom. The van der Waals surface area contributed by atoms with Crippen LogP contribution in [0.3, 0.4) is 0 Å². The van der Waals surface area contributed by atoms with Gasteiger partial charge in [0.2, 0.25) is 5.91 Å². The highest BCUT2D eigenvalue weighted by molar-refractivity contribution is 7.81. The minimum absolute atomic E-state index is 0.0785. The Bertz CT molecular complexity index is 373. The summed E-state index contributed by atoms with van der Waals surface area (Å²) in [5.41, 5.74) is 2.66. The van der Waals surface area contributed by atoms with E-state index in [1.54, 1.807) is 4.90 Å². The van der Waals surface area contributed by atoms with Gasteiger partial charge in [-0.3, -0.25) is 4.79 Å². The van der Waals surface area contributed by atoms with Crippen molar-refractivity contribution >= 4 is 18.5 Å². The first-order valence-corrected chi connectivity index (χ1v) is 7.08. The highest BCUT2D eigenvalue weighted by Crippen LogP contribution is 2.10. The first-order chi connectivity index (χ1) is 8.52. The van der Waals surface area contributed by atoms with Gasteiger partial charge >= 0.3 is 0 Å². The van der Waals surface area contributed by atoms with Crippen LogP contribution in [0.15, 0.2) is 24.3 Å². The molecule has 3 heteroatoms. The number of benzene rings is 1. The topological polar surface area (TPSA) is 20.3 Å². The van der Waals surface area contributed by atoms with E-state index in [0.29, 0.717) is 5.92 Å². The molecule has 1 aromatic rings. The van der Waals surface area contributed by atoms with Crippen molar-refractivity contribution in [2.75, 3.05) is 19.3 Å². The molecule has 0 heterocycles. The normalized spacial score (nSPS) is 10.7. The molecule has 0 aliphatic rings. The summed E-state index contributed by atoms with van der Waals surface area (Å²) in [6, 6.07) is 8.71. The fourth-order valence-electron chi connectivity index (χ4n) is 1.86. The van der Waals surface area contributed by atoms with Crippen LogP contribution in [0.4, 0.5) is 0 Å². The minimum atomic E-state index is 0.0785. The van der Waals surface area contributed by atoms with E-state index in [1.807, 2.05) is 7.05 Å². The predicted molar refractivity (Wildman–Crippen MR) is 80.2 cm³/mol. The molecule has 18 heavy (non-hydrogen) atoms. The number of hydrogen-bond acceptors (Lipinski definition) is 2. The van der Waals surface area contributed by atoms with Crippen LogP contribution in [0.1, 0.15) is 25.0 Å². The second-order valence-electron chi connectivity index (χ2n) is 5.14. The zero-order valence-electron chi connectivity index (χ0n) is 11.5. The molecule has 1 amide bonds. The van der Waals surface area contributed by atoms with Gasteiger partial charge < -0.3 is 4.90 Å². The van der Waals surface area contributed by atoms with Crippen LogP contribution in [0.2, 0.25) is 0 Å². The van der Waals surface area contributed by atoms with E-state index >= 15 is 0 Å². The summed E-state index contributed by atoms with van der Waals surface area (Å²) in [6.07, 6.45) is 2.02. The quantitative estimate of drug-likeness (QED) is 0.784. The lowest BCUT2D eigenvalue weighted by Crippen LogP contribution is -2.29. The lowest BCUT2D eigenvalue weighted by Gasteiger charge is -2.16. The molecule has 0 aliphatic heterocycles. The van der Waals surface area contributed by atoms with Gasteiger partial charge in [0.25, 0.3) is 0 Å². The summed E-state index contributed by atoms with van der Waals surface area (Å²) in [6.45, 7) is 5.21. The molecule has 0 saturated heterocycles. The van der Waals surface area contributed by atoms with Gasteiger partial charge in [-0.05, 0) is 29.9 Å². The van der Waals surface area contributed by atoms with Crippen molar-refractivity contribution in [3.05, 3.63) is 35.4 Å². The van der Waals surface area contributed by atoms with Crippen molar-refractivity contribution in [2.45, 2.75) is 26.7 Å². The van der Waals surface area contributed by atoms with Crippen LogP contribution >= 0.6 is 12.6 Å². The maximum atomic E-state index is 11.4. The Balaban J connectivity index is 2.46. The molecule has 1 aromatic carbocycles. The SMILES string of the molecule is CC(C)Cc1ccc(CCN(C)C(=O)CS)cc1. The summed E-state index contributed by atoms with van der Waals surface area (Å²) < 4.78 is 0. The lowest BCUT2D eigenvalue weighted by molar-refractivity contribution is -0.127. The fraction of sp³-hybridized carbons (Fsp3) is 0.533. The van der Waals surface area contributed by atoms with Crippen LogP contribution in [0.5, 0.6) is 0 Å².